The minimum absolute atomic E-state index is 0.0456. The van der Waals surface area contributed by atoms with Crippen molar-refractivity contribution in [1.82, 2.24) is 9.62 Å². The number of amides is 1. The third-order valence-corrected chi connectivity index (χ3v) is 6.03. The van der Waals surface area contributed by atoms with Crippen molar-refractivity contribution in [2.75, 3.05) is 13.1 Å². The van der Waals surface area contributed by atoms with Crippen molar-refractivity contribution < 1.29 is 13.2 Å². The molecule has 0 aliphatic heterocycles. The molecule has 0 unspecified atom stereocenters. The highest BCUT2D eigenvalue weighted by Gasteiger charge is 2.25. The molecule has 1 fully saturated rings. The van der Waals surface area contributed by atoms with Gasteiger partial charge in [-0.2, -0.15) is 5.26 Å². The molecule has 1 saturated carbocycles. The van der Waals surface area contributed by atoms with Crippen molar-refractivity contribution in [3.63, 3.8) is 0 Å². The van der Waals surface area contributed by atoms with Gasteiger partial charge in [0.05, 0.1) is 11.0 Å². The van der Waals surface area contributed by atoms with E-state index in [-0.39, 0.29) is 29.8 Å². The Kier molecular flexibility index (Phi) is 6.97. The Labute approximate surface area is 149 Å². The van der Waals surface area contributed by atoms with Gasteiger partial charge in [-0.1, -0.05) is 19.3 Å². The van der Waals surface area contributed by atoms with Crippen molar-refractivity contribution in [2.45, 2.75) is 56.4 Å². The van der Waals surface area contributed by atoms with Gasteiger partial charge in [0.15, 0.2) is 0 Å². The van der Waals surface area contributed by atoms with Gasteiger partial charge in [-0.05, 0) is 44.0 Å². The molecule has 0 radical (unpaired) electrons. The SMILES string of the molecule is CCN(C(=O)c1ccc(S(=O)(=O)NCCC#N)cc1)C1CCCCC1. The van der Waals surface area contributed by atoms with Crippen molar-refractivity contribution in [1.29, 1.82) is 5.26 Å². The molecule has 0 saturated heterocycles. The minimum Gasteiger partial charge on any atom is -0.336 e. The fourth-order valence-electron chi connectivity index (χ4n) is 3.23. The topological polar surface area (TPSA) is 90.3 Å². The molecule has 1 aliphatic carbocycles. The zero-order valence-corrected chi connectivity index (χ0v) is 15.4. The van der Waals surface area contributed by atoms with Gasteiger partial charge in [-0.15, -0.1) is 0 Å². The van der Waals surface area contributed by atoms with Gasteiger partial charge in [-0.3, -0.25) is 4.79 Å². The average Bonchev–Trinajstić information content (AvgIpc) is 2.63. The summed E-state index contributed by atoms with van der Waals surface area (Å²) in [5, 5.41) is 8.49. The Morgan fingerprint density at radius 3 is 2.44 bits per heavy atom. The third-order valence-electron chi connectivity index (χ3n) is 4.56. The van der Waals surface area contributed by atoms with Crippen LogP contribution >= 0.6 is 0 Å². The van der Waals surface area contributed by atoms with Crippen LogP contribution in [0, 0.1) is 11.3 Å². The summed E-state index contributed by atoms with van der Waals surface area (Å²) < 4.78 is 26.6. The minimum atomic E-state index is -3.65. The molecule has 0 bridgehead atoms. The van der Waals surface area contributed by atoms with E-state index in [9.17, 15) is 13.2 Å². The quantitative estimate of drug-likeness (QED) is 0.754. The Bertz CT molecular complexity index is 717. The van der Waals surface area contributed by atoms with E-state index in [2.05, 4.69) is 4.72 Å². The Morgan fingerprint density at radius 1 is 1.24 bits per heavy atom. The van der Waals surface area contributed by atoms with E-state index < -0.39 is 10.0 Å². The van der Waals surface area contributed by atoms with Gasteiger partial charge in [-0.25, -0.2) is 13.1 Å². The van der Waals surface area contributed by atoms with Gasteiger partial charge < -0.3 is 4.90 Å². The molecule has 0 aromatic heterocycles. The van der Waals surface area contributed by atoms with E-state index in [1.807, 2.05) is 17.9 Å². The number of nitriles is 1. The second-order valence-corrected chi connectivity index (χ2v) is 7.98. The zero-order chi connectivity index (χ0) is 18.3. The number of carbonyl (C=O) groups is 1. The van der Waals surface area contributed by atoms with Gasteiger partial charge in [0.2, 0.25) is 10.0 Å². The standard InChI is InChI=1S/C18H25N3O3S/c1-2-21(16-7-4-3-5-8-16)18(22)15-9-11-17(12-10-15)25(23,24)20-14-6-13-19/h9-12,16,20H,2-8,14H2,1H3. The van der Waals surface area contributed by atoms with Crippen LogP contribution in [0.1, 0.15) is 55.8 Å². The Balaban J connectivity index is 2.10. The van der Waals surface area contributed by atoms with Crippen LogP contribution in [0.15, 0.2) is 29.2 Å². The van der Waals surface area contributed by atoms with E-state index in [4.69, 9.17) is 5.26 Å². The molecular weight excluding hydrogens is 338 g/mol. The first-order chi connectivity index (χ1) is 12.0. The normalized spacial score (nSPS) is 15.5. The van der Waals surface area contributed by atoms with Gasteiger partial charge >= 0.3 is 0 Å². The maximum atomic E-state index is 12.8. The van der Waals surface area contributed by atoms with Crippen LogP contribution in [0.2, 0.25) is 0 Å². The molecule has 1 aromatic carbocycles. The lowest BCUT2D eigenvalue weighted by Crippen LogP contribution is -2.41. The van der Waals surface area contributed by atoms with Gasteiger partial charge in [0.25, 0.3) is 5.91 Å². The summed E-state index contributed by atoms with van der Waals surface area (Å²) in [4.78, 5) is 14.8. The van der Waals surface area contributed by atoms with Crippen LogP contribution in [0.25, 0.3) is 0 Å². The van der Waals surface area contributed by atoms with E-state index in [0.717, 1.165) is 25.7 Å². The smallest absolute Gasteiger partial charge is 0.254 e. The number of sulfonamides is 1. The van der Waals surface area contributed by atoms with Crippen molar-refractivity contribution in [2.24, 2.45) is 0 Å². The van der Waals surface area contributed by atoms with Crippen LogP contribution < -0.4 is 4.72 Å². The lowest BCUT2D eigenvalue weighted by atomic mass is 9.93. The molecule has 136 valence electrons. The monoisotopic (exact) mass is 363 g/mol. The van der Waals surface area contributed by atoms with Crippen LogP contribution in [-0.2, 0) is 10.0 Å². The first kappa shape index (κ1) is 19.4. The summed E-state index contributed by atoms with van der Waals surface area (Å²) >= 11 is 0. The molecule has 1 N–H and O–H groups in total. The van der Waals surface area contributed by atoms with E-state index in [1.165, 1.54) is 18.6 Å². The molecule has 2 rings (SSSR count). The molecule has 0 spiro atoms. The predicted octanol–water partition coefficient (Wildman–Crippen LogP) is 2.67. The average molecular weight is 363 g/mol. The maximum absolute atomic E-state index is 12.8. The summed E-state index contributed by atoms with van der Waals surface area (Å²) in [5.74, 6) is -0.0456. The summed E-state index contributed by atoms with van der Waals surface area (Å²) in [6.45, 7) is 2.70. The number of nitrogens with zero attached hydrogens (tertiary/aromatic N) is 2. The zero-order valence-electron chi connectivity index (χ0n) is 14.6. The van der Waals surface area contributed by atoms with E-state index in [0.29, 0.717) is 12.1 Å². The van der Waals surface area contributed by atoms with Gasteiger partial charge in [0, 0.05) is 31.1 Å². The van der Waals surface area contributed by atoms with Gasteiger partial charge in [0.1, 0.15) is 0 Å². The molecule has 0 heterocycles. The molecule has 25 heavy (non-hydrogen) atoms. The third kappa shape index (κ3) is 5.03. The summed E-state index contributed by atoms with van der Waals surface area (Å²) in [6.07, 6.45) is 5.72. The number of rotatable bonds is 7. The molecule has 7 heteroatoms. The molecule has 0 atom stereocenters. The fraction of sp³-hybridized carbons (Fsp3) is 0.556. The summed E-state index contributed by atoms with van der Waals surface area (Å²) in [5.41, 5.74) is 0.503. The van der Waals surface area contributed by atoms with Crippen LogP contribution in [0.5, 0.6) is 0 Å². The highest BCUT2D eigenvalue weighted by molar-refractivity contribution is 7.89. The first-order valence-corrected chi connectivity index (χ1v) is 10.3. The Morgan fingerprint density at radius 2 is 1.88 bits per heavy atom. The summed E-state index contributed by atoms with van der Waals surface area (Å²) in [6, 6.07) is 8.18. The van der Waals surface area contributed by atoms with Crippen molar-refractivity contribution in [3.05, 3.63) is 29.8 Å². The van der Waals surface area contributed by atoms with Crippen LogP contribution in [0.3, 0.4) is 0 Å². The fourth-order valence-corrected chi connectivity index (χ4v) is 4.26. The molecule has 1 amide bonds. The predicted molar refractivity (Wildman–Crippen MR) is 95.4 cm³/mol. The molecular formula is C18H25N3O3S. The molecule has 1 aliphatic rings. The molecule has 1 aromatic rings. The molecule has 6 nitrogen and oxygen atoms in total. The number of benzene rings is 1. The van der Waals surface area contributed by atoms with Crippen molar-refractivity contribution >= 4 is 15.9 Å². The number of hydrogen-bond donors (Lipinski definition) is 1. The number of nitrogens with one attached hydrogen (secondary N) is 1. The highest BCUT2D eigenvalue weighted by atomic mass is 32.2. The largest absolute Gasteiger partial charge is 0.336 e. The lowest BCUT2D eigenvalue weighted by molar-refractivity contribution is 0.0648. The second-order valence-electron chi connectivity index (χ2n) is 6.21. The van der Waals surface area contributed by atoms with Crippen molar-refractivity contribution in [3.8, 4) is 6.07 Å². The second kappa shape index (κ2) is 8.97. The van der Waals surface area contributed by atoms with E-state index in [1.54, 1.807) is 12.1 Å². The number of hydrogen-bond acceptors (Lipinski definition) is 4. The number of carbonyl (C=O) groups excluding carboxylic acids is 1. The summed E-state index contributed by atoms with van der Waals surface area (Å²) in [7, 11) is -3.65. The first-order valence-electron chi connectivity index (χ1n) is 8.77. The van der Waals surface area contributed by atoms with E-state index >= 15 is 0 Å². The van der Waals surface area contributed by atoms with Crippen LogP contribution in [0.4, 0.5) is 0 Å². The lowest BCUT2D eigenvalue weighted by Gasteiger charge is -2.33. The maximum Gasteiger partial charge on any atom is 0.254 e. The van der Waals surface area contributed by atoms with Crippen LogP contribution in [-0.4, -0.2) is 38.4 Å². The highest BCUT2D eigenvalue weighted by Crippen LogP contribution is 2.24. The Hall–Kier alpha value is -1.91.